The van der Waals surface area contributed by atoms with Crippen molar-refractivity contribution in [2.45, 2.75) is 31.6 Å². The molecule has 0 saturated carbocycles. The minimum absolute atomic E-state index is 0.0784. The maximum Gasteiger partial charge on any atom is 0.404 e. The molecule has 0 radical (unpaired) electrons. The van der Waals surface area contributed by atoms with Crippen LogP contribution in [0.5, 0.6) is 0 Å². The Labute approximate surface area is 114 Å². The maximum absolute atomic E-state index is 12.8. The van der Waals surface area contributed by atoms with Crippen LogP contribution in [-0.4, -0.2) is 41.7 Å². The van der Waals surface area contributed by atoms with Gasteiger partial charge >= 0.3 is 12.1 Å². The zero-order valence-corrected chi connectivity index (χ0v) is 11.0. The van der Waals surface area contributed by atoms with E-state index in [0.717, 1.165) is 0 Å². The highest BCUT2D eigenvalue weighted by Gasteiger charge is 2.45. The summed E-state index contributed by atoms with van der Waals surface area (Å²) in [6, 6.07) is 1.52. The number of alkyl halides is 3. The molecule has 1 aromatic rings. The summed E-state index contributed by atoms with van der Waals surface area (Å²) in [4.78, 5) is 16.8. The van der Waals surface area contributed by atoms with Gasteiger partial charge in [0.1, 0.15) is 6.04 Å². The first-order valence-electron chi connectivity index (χ1n) is 6.26. The zero-order valence-electron chi connectivity index (χ0n) is 11.0. The van der Waals surface area contributed by atoms with Crippen molar-refractivity contribution in [1.29, 1.82) is 0 Å². The molecule has 4 nitrogen and oxygen atoms in total. The lowest BCUT2D eigenvalue weighted by Crippen LogP contribution is -2.40. The van der Waals surface area contributed by atoms with Crippen LogP contribution in [0.15, 0.2) is 18.3 Å². The van der Waals surface area contributed by atoms with Crippen LogP contribution >= 0.6 is 0 Å². The predicted molar refractivity (Wildman–Crippen MR) is 65.1 cm³/mol. The third kappa shape index (κ3) is 3.27. The molecule has 0 aromatic carbocycles. The second-order valence-corrected chi connectivity index (χ2v) is 4.70. The van der Waals surface area contributed by atoms with E-state index in [0.29, 0.717) is 24.2 Å². The molecule has 110 valence electrons. The van der Waals surface area contributed by atoms with Crippen molar-refractivity contribution in [3.8, 4) is 0 Å². The molecule has 1 saturated heterocycles. The van der Waals surface area contributed by atoms with Gasteiger partial charge in [-0.05, 0) is 31.5 Å². The van der Waals surface area contributed by atoms with Crippen molar-refractivity contribution in [1.82, 2.24) is 9.88 Å². The Morgan fingerprint density at radius 3 is 2.95 bits per heavy atom. The van der Waals surface area contributed by atoms with Gasteiger partial charge in [0.2, 0.25) is 0 Å². The van der Waals surface area contributed by atoms with Gasteiger partial charge in [0.25, 0.3) is 0 Å². The van der Waals surface area contributed by atoms with E-state index in [1.165, 1.54) is 30.3 Å². The SMILES string of the molecule is COC(=O)c1ccnc(CN2CCC[C@@H]2C(F)(F)F)c1. The molecule has 7 heteroatoms. The number of pyridine rings is 1. The fraction of sp³-hybridized carbons (Fsp3) is 0.538. The van der Waals surface area contributed by atoms with Gasteiger partial charge in [-0.25, -0.2) is 4.79 Å². The molecule has 0 amide bonds. The van der Waals surface area contributed by atoms with Crippen LogP contribution in [0.4, 0.5) is 13.2 Å². The summed E-state index contributed by atoms with van der Waals surface area (Å²) in [6.07, 6.45) is -2.20. The molecule has 0 bridgehead atoms. The maximum atomic E-state index is 12.8. The Morgan fingerprint density at radius 1 is 1.55 bits per heavy atom. The Hall–Kier alpha value is -1.63. The number of likely N-dealkylation sites (tertiary alicyclic amines) is 1. The van der Waals surface area contributed by atoms with E-state index in [2.05, 4.69) is 9.72 Å². The summed E-state index contributed by atoms with van der Waals surface area (Å²) in [7, 11) is 1.25. The number of hydrogen-bond donors (Lipinski definition) is 0. The zero-order chi connectivity index (χ0) is 14.8. The number of carbonyl (C=O) groups excluding carboxylic acids is 1. The number of nitrogens with zero attached hydrogens (tertiary/aromatic N) is 2. The highest BCUT2D eigenvalue weighted by atomic mass is 19.4. The van der Waals surface area contributed by atoms with Gasteiger partial charge < -0.3 is 4.74 Å². The third-order valence-corrected chi connectivity index (χ3v) is 3.34. The van der Waals surface area contributed by atoms with E-state index in [1.807, 2.05) is 0 Å². The van der Waals surface area contributed by atoms with E-state index in [-0.39, 0.29) is 13.0 Å². The Kier molecular flexibility index (Phi) is 4.27. The van der Waals surface area contributed by atoms with Crippen molar-refractivity contribution >= 4 is 5.97 Å². The van der Waals surface area contributed by atoms with Gasteiger partial charge in [0.15, 0.2) is 0 Å². The highest BCUT2D eigenvalue weighted by Crippen LogP contribution is 2.33. The summed E-state index contributed by atoms with van der Waals surface area (Å²) >= 11 is 0. The summed E-state index contributed by atoms with van der Waals surface area (Å²) in [5.74, 6) is -0.526. The molecule has 2 rings (SSSR count). The smallest absolute Gasteiger partial charge is 0.404 e. The number of methoxy groups -OCH3 is 1. The Morgan fingerprint density at radius 2 is 2.30 bits per heavy atom. The molecule has 0 N–H and O–H groups in total. The summed E-state index contributed by atoms with van der Waals surface area (Å²) in [5.41, 5.74) is 0.726. The van der Waals surface area contributed by atoms with Crippen molar-refractivity contribution in [2.24, 2.45) is 0 Å². The second-order valence-electron chi connectivity index (χ2n) is 4.70. The van der Waals surface area contributed by atoms with E-state index in [9.17, 15) is 18.0 Å². The van der Waals surface area contributed by atoms with Crippen LogP contribution in [0.2, 0.25) is 0 Å². The molecule has 0 unspecified atom stereocenters. The number of carbonyl (C=O) groups is 1. The van der Waals surface area contributed by atoms with Gasteiger partial charge in [-0.2, -0.15) is 13.2 Å². The average molecular weight is 288 g/mol. The van der Waals surface area contributed by atoms with Crippen LogP contribution in [0, 0.1) is 0 Å². The normalized spacial score (nSPS) is 20.1. The van der Waals surface area contributed by atoms with Gasteiger partial charge in [-0.1, -0.05) is 0 Å². The van der Waals surface area contributed by atoms with Crippen LogP contribution < -0.4 is 0 Å². The number of hydrogen-bond acceptors (Lipinski definition) is 4. The topological polar surface area (TPSA) is 42.4 Å². The van der Waals surface area contributed by atoms with Crippen molar-refractivity contribution < 1.29 is 22.7 Å². The Balaban J connectivity index is 2.12. The minimum Gasteiger partial charge on any atom is -0.465 e. The van der Waals surface area contributed by atoms with Gasteiger partial charge in [-0.15, -0.1) is 0 Å². The predicted octanol–water partition coefficient (Wildman–Crippen LogP) is 2.39. The summed E-state index contributed by atoms with van der Waals surface area (Å²) < 4.78 is 43.1. The number of ether oxygens (including phenoxy) is 1. The van der Waals surface area contributed by atoms with Crippen LogP contribution in [0.1, 0.15) is 28.9 Å². The third-order valence-electron chi connectivity index (χ3n) is 3.34. The largest absolute Gasteiger partial charge is 0.465 e. The van der Waals surface area contributed by atoms with E-state index in [1.54, 1.807) is 0 Å². The van der Waals surface area contributed by atoms with Gasteiger partial charge in [0, 0.05) is 12.7 Å². The first kappa shape index (κ1) is 14.8. The van der Waals surface area contributed by atoms with Gasteiger partial charge in [-0.3, -0.25) is 9.88 Å². The van der Waals surface area contributed by atoms with Crippen molar-refractivity contribution in [2.75, 3.05) is 13.7 Å². The minimum atomic E-state index is -4.23. The van der Waals surface area contributed by atoms with Crippen molar-refractivity contribution in [3.63, 3.8) is 0 Å². The molecule has 1 aliphatic rings. The molecule has 1 aliphatic heterocycles. The van der Waals surface area contributed by atoms with E-state index < -0.39 is 18.2 Å². The fourth-order valence-corrected chi connectivity index (χ4v) is 2.40. The molecular formula is C13H15F3N2O2. The second kappa shape index (κ2) is 5.78. The lowest BCUT2D eigenvalue weighted by atomic mass is 10.2. The lowest BCUT2D eigenvalue weighted by molar-refractivity contribution is -0.177. The highest BCUT2D eigenvalue weighted by molar-refractivity contribution is 5.89. The molecular weight excluding hydrogens is 273 g/mol. The quantitative estimate of drug-likeness (QED) is 0.801. The number of esters is 1. The summed E-state index contributed by atoms with van der Waals surface area (Å²) in [5, 5.41) is 0. The molecule has 1 aromatic heterocycles. The number of rotatable bonds is 3. The molecule has 0 aliphatic carbocycles. The van der Waals surface area contributed by atoms with Crippen LogP contribution in [-0.2, 0) is 11.3 Å². The van der Waals surface area contributed by atoms with Crippen molar-refractivity contribution in [3.05, 3.63) is 29.6 Å². The molecule has 1 atom stereocenters. The number of halogens is 3. The average Bonchev–Trinajstić information content (AvgIpc) is 2.86. The summed E-state index contributed by atoms with van der Waals surface area (Å²) in [6.45, 7) is 0.462. The van der Waals surface area contributed by atoms with E-state index >= 15 is 0 Å². The van der Waals surface area contributed by atoms with Crippen LogP contribution in [0.25, 0.3) is 0 Å². The molecule has 20 heavy (non-hydrogen) atoms. The number of aromatic nitrogens is 1. The lowest BCUT2D eigenvalue weighted by Gasteiger charge is -2.26. The van der Waals surface area contributed by atoms with Crippen LogP contribution in [0.3, 0.4) is 0 Å². The Bertz CT molecular complexity index is 491. The first-order valence-corrected chi connectivity index (χ1v) is 6.26. The standard InChI is InChI=1S/C13H15F3N2O2/c1-20-12(19)9-4-5-17-10(7-9)8-18-6-2-3-11(18)13(14,15)16/h4-5,7,11H,2-3,6,8H2,1H3/t11-/m1/s1. The molecule has 2 heterocycles. The fourth-order valence-electron chi connectivity index (χ4n) is 2.40. The molecule has 1 fully saturated rings. The first-order chi connectivity index (χ1) is 9.41. The van der Waals surface area contributed by atoms with E-state index in [4.69, 9.17) is 0 Å². The molecule has 0 spiro atoms. The monoisotopic (exact) mass is 288 g/mol. The van der Waals surface area contributed by atoms with Gasteiger partial charge in [0.05, 0.1) is 18.4 Å².